The Morgan fingerprint density at radius 3 is 2.60 bits per heavy atom. The summed E-state index contributed by atoms with van der Waals surface area (Å²) in [7, 11) is 4.12. The van der Waals surface area contributed by atoms with Crippen LogP contribution in [0.5, 0.6) is 0 Å². The van der Waals surface area contributed by atoms with Crippen molar-refractivity contribution >= 4 is 60.9 Å². The summed E-state index contributed by atoms with van der Waals surface area (Å²) in [6, 6.07) is 12.3. The molecule has 0 atom stereocenters. The number of anilines is 1. The van der Waals surface area contributed by atoms with Gasteiger partial charge in [-0.05, 0) is 94.2 Å². The predicted octanol–water partition coefficient (Wildman–Crippen LogP) is 5.96. The van der Waals surface area contributed by atoms with Crippen molar-refractivity contribution in [1.82, 2.24) is 9.88 Å². The van der Waals surface area contributed by atoms with Crippen LogP contribution in [0.4, 0.5) is 5.13 Å². The number of benzene rings is 2. The van der Waals surface area contributed by atoms with Crippen LogP contribution in [-0.4, -0.2) is 43.0 Å². The highest BCUT2D eigenvalue weighted by Gasteiger charge is 2.22. The number of hydrogen-bond donors (Lipinski definition) is 0. The van der Waals surface area contributed by atoms with E-state index in [2.05, 4.69) is 53.1 Å². The number of carbonyl (C=O) groups is 1. The fraction of sp³-hybridized carbons (Fsp3) is 0.391. The summed E-state index contributed by atoms with van der Waals surface area (Å²) in [6.07, 6.45) is 5.57. The zero-order valence-electron chi connectivity index (χ0n) is 17.4. The highest BCUT2D eigenvalue weighted by atomic mass is 79.9. The van der Waals surface area contributed by atoms with Crippen LogP contribution in [0.2, 0.25) is 0 Å². The maximum atomic E-state index is 13.5. The third kappa shape index (κ3) is 5.22. The molecule has 0 fully saturated rings. The molecule has 4 rings (SSSR count). The average molecular weight is 509 g/mol. The Labute approximate surface area is 196 Å². The van der Waals surface area contributed by atoms with Crippen molar-refractivity contribution in [2.45, 2.75) is 32.1 Å². The lowest BCUT2D eigenvalue weighted by atomic mass is 9.90. The zero-order chi connectivity index (χ0) is 20.4. The van der Waals surface area contributed by atoms with Gasteiger partial charge in [0.15, 0.2) is 5.13 Å². The fourth-order valence-electron chi connectivity index (χ4n) is 3.85. The number of fused-ring (bicyclic) bond motifs is 2. The van der Waals surface area contributed by atoms with Gasteiger partial charge in [-0.1, -0.05) is 33.3 Å². The standard InChI is InChI=1S/C23H26BrN3OS.ClH/c1-26(2)12-5-13-27(23-25-20-11-10-19(24)15-21(20)29-23)22(28)18-9-8-16-6-3-4-7-17(16)14-18;/h8-11,14-15H,3-7,12-13H2,1-2H3;1H. The molecule has 30 heavy (non-hydrogen) atoms. The molecule has 0 spiro atoms. The minimum Gasteiger partial charge on any atom is -0.309 e. The first-order valence-corrected chi connectivity index (χ1v) is 11.8. The molecular formula is C23H27BrClN3OS. The highest BCUT2D eigenvalue weighted by Crippen LogP contribution is 2.32. The van der Waals surface area contributed by atoms with Crippen LogP contribution < -0.4 is 4.90 Å². The first kappa shape index (κ1) is 23.2. The second kappa shape index (κ2) is 10.2. The van der Waals surface area contributed by atoms with E-state index in [1.54, 1.807) is 11.3 Å². The summed E-state index contributed by atoms with van der Waals surface area (Å²) < 4.78 is 2.12. The highest BCUT2D eigenvalue weighted by molar-refractivity contribution is 9.10. The van der Waals surface area contributed by atoms with Crippen LogP contribution in [0.3, 0.4) is 0 Å². The van der Waals surface area contributed by atoms with Crippen molar-refractivity contribution in [3.63, 3.8) is 0 Å². The largest absolute Gasteiger partial charge is 0.309 e. The molecule has 1 heterocycles. The molecule has 0 saturated carbocycles. The molecule has 0 radical (unpaired) electrons. The number of amides is 1. The lowest BCUT2D eigenvalue weighted by Crippen LogP contribution is -2.33. The van der Waals surface area contributed by atoms with Crippen molar-refractivity contribution in [3.8, 4) is 0 Å². The summed E-state index contributed by atoms with van der Waals surface area (Å²) >= 11 is 5.11. The first-order valence-electron chi connectivity index (χ1n) is 10.2. The van der Waals surface area contributed by atoms with Gasteiger partial charge >= 0.3 is 0 Å². The first-order chi connectivity index (χ1) is 14.0. The topological polar surface area (TPSA) is 36.4 Å². The third-order valence-corrected chi connectivity index (χ3v) is 6.93. The Kier molecular flexibility index (Phi) is 7.91. The number of aromatic nitrogens is 1. The number of hydrogen-bond acceptors (Lipinski definition) is 4. The van der Waals surface area contributed by atoms with Gasteiger partial charge in [0, 0.05) is 16.6 Å². The Balaban J connectivity index is 0.00000256. The van der Waals surface area contributed by atoms with Crippen molar-refractivity contribution in [2.24, 2.45) is 0 Å². The van der Waals surface area contributed by atoms with Gasteiger partial charge in [0.2, 0.25) is 0 Å². The van der Waals surface area contributed by atoms with Crippen LogP contribution in [0.15, 0.2) is 40.9 Å². The van der Waals surface area contributed by atoms with E-state index in [4.69, 9.17) is 4.98 Å². The molecule has 1 aliphatic rings. The van der Waals surface area contributed by atoms with Gasteiger partial charge in [0.25, 0.3) is 5.91 Å². The Morgan fingerprint density at radius 1 is 1.07 bits per heavy atom. The van der Waals surface area contributed by atoms with E-state index in [9.17, 15) is 4.79 Å². The molecule has 0 saturated heterocycles. The second-order valence-corrected chi connectivity index (χ2v) is 9.84. The Bertz CT molecular complexity index is 1040. The Hall–Kier alpha value is -1.47. The van der Waals surface area contributed by atoms with Crippen molar-refractivity contribution < 1.29 is 4.79 Å². The SMILES string of the molecule is CN(C)CCCN(C(=O)c1ccc2c(c1)CCCC2)c1nc2ccc(Br)cc2s1.Cl. The number of rotatable bonds is 6. The molecule has 1 aliphatic carbocycles. The number of halogens is 2. The maximum Gasteiger partial charge on any atom is 0.260 e. The quantitative estimate of drug-likeness (QED) is 0.412. The monoisotopic (exact) mass is 507 g/mol. The maximum absolute atomic E-state index is 13.5. The fourth-order valence-corrected chi connectivity index (χ4v) is 5.39. The van der Waals surface area contributed by atoms with Crippen LogP contribution in [0, 0.1) is 0 Å². The van der Waals surface area contributed by atoms with Gasteiger partial charge in [-0.2, -0.15) is 0 Å². The summed E-state index contributed by atoms with van der Waals surface area (Å²) in [5, 5.41) is 0.777. The number of aryl methyl sites for hydroxylation is 2. The van der Waals surface area contributed by atoms with E-state index in [0.29, 0.717) is 6.54 Å². The molecule has 0 bridgehead atoms. The molecule has 160 valence electrons. The summed E-state index contributed by atoms with van der Waals surface area (Å²) in [4.78, 5) is 22.3. The minimum atomic E-state index is 0. The smallest absolute Gasteiger partial charge is 0.260 e. The molecule has 0 unspecified atom stereocenters. The second-order valence-electron chi connectivity index (χ2n) is 7.91. The van der Waals surface area contributed by atoms with Gasteiger partial charge in [0.05, 0.1) is 10.2 Å². The lowest BCUT2D eigenvalue weighted by molar-refractivity contribution is 0.0986. The van der Waals surface area contributed by atoms with Crippen LogP contribution in [-0.2, 0) is 12.8 Å². The molecule has 2 aromatic carbocycles. The number of carbonyl (C=O) groups excluding carboxylic acids is 1. The minimum absolute atomic E-state index is 0. The van der Waals surface area contributed by atoms with Gasteiger partial charge in [0.1, 0.15) is 0 Å². The van der Waals surface area contributed by atoms with Crippen molar-refractivity contribution in [3.05, 3.63) is 57.6 Å². The predicted molar refractivity (Wildman–Crippen MR) is 132 cm³/mol. The molecule has 7 heteroatoms. The van der Waals surface area contributed by atoms with Crippen LogP contribution >= 0.6 is 39.7 Å². The van der Waals surface area contributed by atoms with E-state index >= 15 is 0 Å². The summed E-state index contributed by atoms with van der Waals surface area (Å²) in [6.45, 7) is 1.60. The van der Waals surface area contributed by atoms with Gasteiger partial charge in [-0.25, -0.2) is 4.98 Å². The third-order valence-electron chi connectivity index (χ3n) is 5.40. The molecular weight excluding hydrogens is 482 g/mol. The number of thiazole rings is 1. The zero-order valence-corrected chi connectivity index (χ0v) is 20.6. The molecule has 0 N–H and O–H groups in total. The molecule has 3 aromatic rings. The van der Waals surface area contributed by atoms with Crippen molar-refractivity contribution in [2.75, 3.05) is 32.1 Å². The molecule has 0 aliphatic heterocycles. The lowest BCUT2D eigenvalue weighted by Gasteiger charge is -2.22. The normalized spacial score (nSPS) is 13.2. The van der Waals surface area contributed by atoms with Gasteiger partial charge < -0.3 is 4.90 Å². The van der Waals surface area contributed by atoms with Crippen molar-refractivity contribution in [1.29, 1.82) is 0 Å². The van der Waals surface area contributed by atoms with E-state index in [0.717, 1.165) is 51.2 Å². The van der Waals surface area contributed by atoms with Gasteiger partial charge in [-0.3, -0.25) is 9.69 Å². The van der Waals surface area contributed by atoms with Crippen LogP contribution in [0.25, 0.3) is 10.2 Å². The molecule has 1 aromatic heterocycles. The van der Waals surface area contributed by atoms with E-state index in [-0.39, 0.29) is 18.3 Å². The van der Waals surface area contributed by atoms with Crippen LogP contribution in [0.1, 0.15) is 40.7 Å². The Morgan fingerprint density at radius 2 is 1.83 bits per heavy atom. The van der Waals surface area contributed by atoms with E-state index in [1.807, 2.05) is 23.1 Å². The number of nitrogens with zero attached hydrogens (tertiary/aromatic N) is 3. The van der Waals surface area contributed by atoms with E-state index < -0.39 is 0 Å². The molecule has 4 nitrogen and oxygen atoms in total. The van der Waals surface area contributed by atoms with Gasteiger partial charge in [-0.15, -0.1) is 12.4 Å². The molecule has 1 amide bonds. The summed E-state index contributed by atoms with van der Waals surface area (Å²) in [5.74, 6) is 0.0512. The average Bonchev–Trinajstić information content (AvgIpc) is 3.13. The summed E-state index contributed by atoms with van der Waals surface area (Å²) in [5.41, 5.74) is 4.44. The van der Waals surface area contributed by atoms with E-state index in [1.165, 1.54) is 24.0 Å².